The lowest BCUT2D eigenvalue weighted by Crippen LogP contribution is -2.37. The zero-order valence-corrected chi connectivity index (χ0v) is 33.0. The molecule has 1 fully saturated rings. The van der Waals surface area contributed by atoms with Crippen LogP contribution >= 0.6 is 11.8 Å². The van der Waals surface area contributed by atoms with Gasteiger partial charge in [0, 0.05) is 51.7 Å². The number of carbonyl (C=O) groups excluding carboxylic acids is 6. The Balaban J connectivity index is 1.88. The first kappa shape index (κ1) is 45.9. The van der Waals surface area contributed by atoms with Crippen molar-refractivity contribution in [1.82, 2.24) is 30.2 Å². The number of likely N-dealkylation sites (tertiary alicyclic amines) is 1. The van der Waals surface area contributed by atoms with Gasteiger partial charge in [0.25, 0.3) is 0 Å². The number of hydrogen-bond donors (Lipinski definition) is 3. The second-order valence-electron chi connectivity index (χ2n) is 13.2. The summed E-state index contributed by atoms with van der Waals surface area (Å²) in [4.78, 5) is 91.8. The zero-order chi connectivity index (χ0) is 40.2. The van der Waals surface area contributed by atoms with E-state index in [2.05, 4.69) is 20.4 Å². The monoisotopic (exact) mass is 780 g/mol. The van der Waals surface area contributed by atoms with Gasteiger partial charge in [-0.1, -0.05) is 13.0 Å². The van der Waals surface area contributed by atoms with Gasteiger partial charge in [0.15, 0.2) is 6.10 Å². The van der Waals surface area contributed by atoms with Gasteiger partial charge in [-0.05, 0) is 83.8 Å². The quantitative estimate of drug-likeness (QED) is 0.0724. The lowest BCUT2D eigenvalue weighted by molar-refractivity contribution is -0.150. The van der Waals surface area contributed by atoms with Crippen LogP contribution in [0.15, 0.2) is 18.2 Å². The number of nitrogens with one attached hydrogen (secondary N) is 2. The molecular formula is C36H56N6O11S. The van der Waals surface area contributed by atoms with E-state index >= 15 is 0 Å². The third kappa shape index (κ3) is 17.3. The summed E-state index contributed by atoms with van der Waals surface area (Å²) >= 11 is 1.20. The molecule has 0 saturated carbocycles. The molecule has 0 aromatic heterocycles. The van der Waals surface area contributed by atoms with E-state index in [1.807, 2.05) is 35.1 Å². The standard InChI is InChI=1S/C36H56N6O11S/c1-7-26-20-27(10-11-28(26)53-36(50)41(16-8-14-39(3)4)17-9-15-40(5)6)29(52-25(2)43)23-51-24-32(45)37-13-19-54-30-21-33(46)42(35(30)49)18-12-31(44)38-22-34(47)48/h10-11,20,29-30H,7-9,12-19,21-24H2,1-6H3,(H,37,45)(H,38,44)(H,47,48). The van der Waals surface area contributed by atoms with E-state index in [9.17, 15) is 33.6 Å². The molecule has 2 atom stereocenters. The molecule has 1 heterocycles. The van der Waals surface area contributed by atoms with Crippen LogP contribution in [-0.4, -0.2) is 165 Å². The van der Waals surface area contributed by atoms with Crippen LogP contribution in [-0.2, 0) is 44.7 Å². The molecule has 54 heavy (non-hydrogen) atoms. The third-order valence-corrected chi connectivity index (χ3v) is 9.33. The summed E-state index contributed by atoms with van der Waals surface area (Å²) in [5.41, 5.74) is 1.35. The van der Waals surface area contributed by atoms with Crippen molar-refractivity contribution >= 4 is 53.4 Å². The van der Waals surface area contributed by atoms with Crippen LogP contribution in [0.2, 0.25) is 0 Å². The van der Waals surface area contributed by atoms with Crippen molar-refractivity contribution in [2.24, 2.45) is 0 Å². The van der Waals surface area contributed by atoms with Crippen molar-refractivity contribution in [2.45, 2.75) is 57.3 Å². The highest BCUT2D eigenvalue weighted by Gasteiger charge is 2.38. The van der Waals surface area contributed by atoms with Crippen LogP contribution in [0.25, 0.3) is 0 Å². The van der Waals surface area contributed by atoms with Crippen LogP contribution in [0.3, 0.4) is 0 Å². The minimum Gasteiger partial charge on any atom is -0.480 e. The highest BCUT2D eigenvalue weighted by molar-refractivity contribution is 8.00. The number of carbonyl (C=O) groups is 7. The maximum atomic E-state index is 13.3. The lowest BCUT2D eigenvalue weighted by Gasteiger charge is -2.24. The highest BCUT2D eigenvalue weighted by Crippen LogP contribution is 2.28. The van der Waals surface area contributed by atoms with E-state index in [0.717, 1.165) is 36.4 Å². The number of nitrogens with zero attached hydrogens (tertiary/aromatic N) is 4. The minimum atomic E-state index is -1.20. The molecule has 17 nitrogen and oxygen atoms in total. The van der Waals surface area contributed by atoms with E-state index < -0.39 is 59.6 Å². The minimum absolute atomic E-state index is 0.0372. The first-order chi connectivity index (χ1) is 25.6. The molecule has 2 unspecified atom stereocenters. The highest BCUT2D eigenvalue weighted by atomic mass is 32.2. The molecule has 2 rings (SSSR count). The van der Waals surface area contributed by atoms with Crippen molar-refractivity contribution in [1.29, 1.82) is 0 Å². The number of carboxylic acids is 1. The molecule has 1 aromatic carbocycles. The molecule has 3 N–H and O–H groups in total. The Morgan fingerprint density at radius 2 is 1.65 bits per heavy atom. The Morgan fingerprint density at radius 3 is 2.24 bits per heavy atom. The van der Waals surface area contributed by atoms with Gasteiger partial charge in [-0.15, -0.1) is 11.8 Å². The van der Waals surface area contributed by atoms with Gasteiger partial charge < -0.3 is 44.7 Å². The molecule has 1 aliphatic heterocycles. The summed E-state index contributed by atoms with van der Waals surface area (Å²) in [5, 5.41) is 12.9. The lowest BCUT2D eigenvalue weighted by atomic mass is 10.0. The van der Waals surface area contributed by atoms with Gasteiger partial charge in [-0.2, -0.15) is 0 Å². The van der Waals surface area contributed by atoms with Crippen LogP contribution in [0.4, 0.5) is 4.79 Å². The number of imide groups is 1. The number of carboxylic acid groups (broad SMARTS) is 1. The second-order valence-corrected chi connectivity index (χ2v) is 14.5. The summed E-state index contributed by atoms with van der Waals surface area (Å²) in [5.74, 6) is -2.87. The van der Waals surface area contributed by atoms with Gasteiger partial charge in [-0.3, -0.25) is 33.7 Å². The normalized spacial score (nSPS) is 14.7. The van der Waals surface area contributed by atoms with Crippen molar-refractivity contribution in [3.05, 3.63) is 29.3 Å². The van der Waals surface area contributed by atoms with E-state index in [4.69, 9.17) is 19.3 Å². The van der Waals surface area contributed by atoms with E-state index in [0.29, 0.717) is 36.6 Å². The van der Waals surface area contributed by atoms with Crippen LogP contribution in [0, 0.1) is 0 Å². The Bertz CT molecular complexity index is 1430. The summed E-state index contributed by atoms with van der Waals surface area (Å²) in [7, 11) is 7.95. The first-order valence-electron chi connectivity index (χ1n) is 18.0. The molecule has 302 valence electrons. The Labute approximate surface area is 321 Å². The van der Waals surface area contributed by atoms with Gasteiger partial charge in [-0.25, -0.2) is 4.79 Å². The van der Waals surface area contributed by atoms with Crippen LogP contribution < -0.4 is 15.4 Å². The zero-order valence-electron chi connectivity index (χ0n) is 32.2. The number of benzene rings is 1. The van der Waals surface area contributed by atoms with Crippen LogP contribution in [0.5, 0.6) is 5.75 Å². The predicted molar refractivity (Wildman–Crippen MR) is 201 cm³/mol. The van der Waals surface area contributed by atoms with Gasteiger partial charge in [0.1, 0.15) is 18.9 Å². The summed E-state index contributed by atoms with van der Waals surface area (Å²) in [6.07, 6.45) is 0.647. The predicted octanol–water partition coefficient (Wildman–Crippen LogP) is 1.14. The van der Waals surface area contributed by atoms with Crippen molar-refractivity contribution in [3.8, 4) is 5.75 Å². The number of ether oxygens (including phenoxy) is 3. The largest absolute Gasteiger partial charge is 0.480 e. The number of aryl methyl sites for hydroxylation is 1. The summed E-state index contributed by atoms with van der Waals surface area (Å²) < 4.78 is 17.0. The van der Waals surface area contributed by atoms with Crippen molar-refractivity contribution < 1.29 is 52.9 Å². The molecule has 0 spiro atoms. The molecular weight excluding hydrogens is 724 g/mol. The number of rotatable bonds is 25. The first-order valence-corrected chi connectivity index (χ1v) is 19.0. The average molecular weight is 781 g/mol. The molecule has 0 radical (unpaired) electrons. The van der Waals surface area contributed by atoms with Crippen LogP contribution in [0.1, 0.15) is 56.8 Å². The molecule has 0 aliphatic carbocycles. The fourth-order valence-electron chi connectivity index (χ4n) is 5.38. The fraction of sp³-hybridized carbons (Fsp3) is 0.639. The average Bonchev–Trinajstić information content (AvgIpc) is 3.37. The maximum absolute atomic E-state index is 13.3. The summed E-state index contributed by atoms with van der Waals surface area (Å²) in [6, 6.07) is 5.17. The second kappa shape index (κ2) is 24.2. The third-order valence-electron chi connectivity index (χ3n) is 8.12. The number of amides is 5. The smallest absolute Gasteiger partial charge is 0.415 e. The van der Waals surface area contributed by atoms with Crippen molar-refractivity contribution in [2.75, 3.05) is 93.0 Å². The van der Waals surface area contributed by atoms with Gasteiger partial charge >= 0.3 is 18.0 Å². The number of esters is 1. The Kier molecular flexibility index (Phi) is 20.6. The molecule has 1 aromatic rings. The Hall–Kier alpha value is -4.26. The topological polar surface area (TPSA) is 204 Å². The van der Waals surface area contributed by atoms with E-state index in [1.165, 1.54) is 18.7 Å². The fourth-order valence-corrected chi connectivity index (χ4v) is 6.41. The molecule has 5 amide bonds. The van der Waals surface area contributed by atoms with Gasteiger partial charge in [0.05, 0.1) is 11.9 Å². The molecule has 1 aliphatic rings. The number of aliphatic carboxylic acids is 1. The maximum Gasteiger partial charge on any atom is 0.415 e. The van der Waals surface area contributed by atoms with E-state index in [-0.39, 0.29) is 39.1 Å². The van der Waals surface area contributed by atoms with Gasteiger partial charge in [0.2, 0.25) is 23.6 Å². The number of thioether (sulfide) groups is 1. The van der Waals surface area contributed by atoms with Crippen molar-refractivity contribution in [3.63, 3.8) is 0 Å². The molecule has 18 heteroatoms. The molecule has 0 bridgehead atoms. The Morgan fingerprint density at radius 1 is 0.981 bits per heavy atom. The van der Waals surface area contributed by atoms with E-state index in [1.54, 1.807) is 23.1 Å². The SMILES string of the molecule is CCc1cc(C(COCC(=O)NCCSC2CC(=O)N(CCC(=O)NCC(=O)O)C2=O)OC(C)=O)ccc1OC(=O)N(CCCN(C)C)CCCN(C)C. The molecule has 1 saturated heterocycles. The number of hydrogen-bond acceptors (Lipinski definition) is 13. The summed E-state index contributed by atoms with van der Waals surface area (Å²) in [6.45, 7) is 5.05.